The number of carbonyl (C=O) groups is 1. The number of amides is 1. The van der Waals surface area contributed by atoms with E-state index in [1.807, 2.05) is 6.92 Å². The first-order valence-corrected chi connectivity index (χ1v) is 7.30. The minimum absolute atomic E-state index is 0.0312. The van der Waals surface area contributed by atoms with Crippen LogP contribution in [0.3, 0.4) is 0 Å². The van der Waals surface area contributed by atoms with E-state index in [2.05, 4.69) is 26.6 Å². The van der Waals surface area contributed by atoms with Crippen LogP contribution in [0, 0.1) is 11.7 Å². The summed E-state index contributed by atoms with van der Waals surface area (Å²) < 4.78 is 14.4. The van der Waals surface area contributed by atoms with Crippen LogP contribution < -0.4 is 10.6 Å². The number of nitrogens with one attached hydrogen (secondary N) is 2. The minimum Gasteiger partial charge on any atom is -0.355 e. The van der Waals surface area contributed by atoms with E-state index in [-0.39, 0.29) is 24.3 Å². The van der Waals surface area contributed by atoms with Crippen molar-refractivity contribution in [3.63, 3.8) is 0 Å². The quantitative estimate of drug-likeness (QED) is 0.843. The Kier molecular flexibility index (Phi) is 4.93. The number of hydrogen-bond donors (Lipinski definition) is 2. The number of halogens is 2. The van der Waals surface area contributed by atoms with Gasteiger partial charge in [0, 0.05) is 22.6 Å². The molecule has 1 aromatic rings. The molecule has 1 aromatic carbocycles. The molecule has 0 spiro atoms. The average Bonchev–Trinajstić information content (AvgIpc) is 3.17. The maximum Gasteiger partial charge on any atom is 0.233 e. The lowest BCUT2D eigenvalue weighted by Gasteiger charge is -2.15. The molecule has 0 heterocycles. The summed E-state index contributed by atoms with van der Waals surface area (Å²) in [6, 6.07) is 4.75. The highest BCUT2D eigenvalue weighted by molar-refractivity contribution is 9.10. The SMILES string of the molecule is CC(NCC(=O)NCC1CC1)c1ccc(Br)cc1F. The van der Waals surface area contributed by atoms with Crippen LogP contribution >= 0.6 is 15.9 Å². The van der Waals surface area contributed by atoms with E-state index in [1.165, 1.54) is 18.9 Å². The van der Waals surface area contributed by atoms with Gasteiger partial charge in [0.25, 0.3) is 0 Å². The number of hydrogen-bond acceptors (Lipinski definition) is 2. The highest BCUT2D eigenvalue weighted by Gasteiger charge is 2.21. The number of carbonyl (C=O) groups excluding carboxylic acids is 1. The first-order chi connectivity index (χ1) is 9.06. The average molecular weight is 329 g/mol. The smallest absolute Gasteiger partial charge is 0.233 e. The van der Waals surface area contributed by atoms with Crippen molar-refractivity contribution in [2.24, 2.45) is 5.92 Å². The van der Waals surface area contributed by atoms with E-state index in [0.29, 0.717) is 16.0 Å². The molecule has 5 heteroatoms. The molecule has 0 aliphatic heterocycles. The Morgan fingerprint density at radius 2 is 2.26 bits per heavy atom. The van der Waals surface area contributed by atoms with Crippen LogP contribution in [0.4, 0.5) is 4.39 Å². The van der Waals surface area contributed by atoms with Gasteiger partial charge in [0.15, 0.2) is 0 Å². The lowest BCUT2D eigenvalue weighted by Crippen LogP contribution is -2.36. The van der Waals surface area contributed by atoms with Crippen molar-refractivity contribution in [3.05, 3.63) is 34.1 Å². The Hall–Kier alpha value is -0.940. The van der Waals surface area contributed by atoms with Gasteiger partial charge in [0.2, 0.25) is 5.91 Å². The van der Waals surface area contributed by atoms with Crippen molar-refractivity contribution >= 4 is 21.8 Å². The third-order valence-electron chi connectivity index (χ3n) is 3.28. The Bertz CT molecular complexity index is 463. The topological polar surface area (TPSA) is 41.1 Å². The maximum absolute atomic E-state index is 13.7. The molecule has 1 saturated carbocycles. The fraction of sp³-hybridized carbons (Fsp3) is 0.500. The van der Waals surface area contributed by atoms with Crippen molar-refractivity contribution in [1.82, 2.24) is 10.6 Å². The van der Waals surface area contributed by atoms with Crippen molar-refractivity contribution in [3.8, 4) is 0 Å². The van der Waals surface area contributed by atoms with Gasteiger partial charge < -0.3 is 10.6 Å². The second kappa shape index (κ2) is 6.48. The van der Waals surface area contributed by atoms with E-state index in [4.69, 9.17) is 0 Å². The van der Waals surface area contributed by atoms with E-state index < -0.39 is 0 Å². The summed E-state index contributed by atoms with van der Waals surface area (Å²) in [6.07, 6.45) is 2.43. The van der Waals surface area contributed by atoms with Gasteiger partial charge in [-0.1, -0.05) is 22.0 Å². The van der Waals surface area contributed by atoms with Crippen LogP contribution in [0.25, 0.3) is 0 Å². The second-order valence-corrected chi connectivity index (χ2v) is 5.93. The van der Waals surface area contributed by atoms with Gasteiger partial charge >= 0.3 is 0 Å². The highest BCUT2D eigenvalue weighted by Crippen LogP contribution is 2.27. The molecule has 1 unspecified atom stereocenters. The fourth-order valence-electron chi connectivity index (χ4n) is 1.85. The second-order valence-electron chi connectivity index (χ2n) is 5.02. The molecule has 1 fully saturated rings. The van der Waals surface area contributed by atoms with Gasteiger partial charge in [0.05, 0.1) is 6.54 Å². The lowest BCUT2D eigenvalue weighted by molar-refractivity contribution is -0.120. The molecule has 0 bridgehead atoms. The van der Waals surface area contributed by atoms with Crippen LogP contribution in [-0.2, 0) is 4.79 Å². The summed E-state index contributed by atoms with van der Waals surface area (Å²) in [7, 11) is 0. The van der Waals surface area contributed by atoms with Crippen molar-refractivity contribution in [1.29, 1.82) is 0 Å². The van der Waals surface area contributed by atoms with Crippen LogP contribution in [0.2, 0.25) is 0 Å². The molecule has 0 aromatic heterocycles. The van der Waals surface area contributed by atoms with Crippen LogP contribution in [0.5, 0.6) is 0 Å². The molecule has 1 aliphatic carbocycles. The van der Waals surface area contributed by atoms with Crippen LogP contribution in [0.1, 0.15) is 31.4 Å². The molecule has 2 N–H and O–H groups in total. The Labute approximate surface area is 121 Å². The number of benzene rings is 1. The van der Waals surface area contributed by atoms with Crippen molar-refractivity contribution in [2.75, 3.05) is 13.1 Å². The molecule has 19 heavy (non-hydrogen) atoms. The molecule has 2 rings (SSSR count). The molecule has 1 atom stereocenters. The Balaban J connectivity index is 1.79. The minimum atomic E-state index is -0.271. The van der Waals surface area contributed by atoms with Gasteiger partial charge in [-0.3, -0.25) is 4.79 Å². The summed E-state index contributed by atoms with van der Waals surface area (Å²) in [5.41, 5.74) is 0.568. The standard InChI is InChI=1S/C14H18BrFN2O/c1-9(12-5-4-11(15)6-13(12)16)17-8-14(19)18-7-10-2-3-10/h4-6,9-10,17H,2-3,7-8H2,1H3,(H,18,19). The highest BCUT2D eigenvalue weighted by atomic mass is 79.9. The van der Waals surface area contributed by atoms with E-state index in [1.54, 1.807) is 12.1 Å². The lowest BCUT2D eigenvalue weighted by atomic mass is 10.1. The van der Waals surface area contributed by atoms with Crippen LogP contribution in [-0.4, -0.2) is 19.0 Å². The maximum atomic E-state index is 13.7. The predicted molar refractivity (Wildman–Crippen MR) is 76.3 cm³/mol. The third-order valence-corrected chi connectivity index (χ3v) is 3.78. The summed E-state index contributed by atoms with van der Waals surface area (Å²) in [4.78, 5) is 11.6. The third kappa shape index (κ3) is 4.58. The van der Waals surface area contributed by atoms with Gasteiger partial charge in [-0.15, -0.1) is 0 Å². The van der Waals surface area contributed by atoms with Crippen molar-refractivity contribution in [2.45, 2.75) is 25.8 Å². The van der Waals surface area contributed by atoms with E-state index in [9.17, 15) is 9.18 Å². The summed E-state index contributed by atoms with van der Waals surface area (Å²) in [5, 5.41) is 5.91. The zero-order chi connectivity index (χ0) is 13.8. The van der Waals surface area contributed by atoms with Crippen LogP contribution in [0.15, 0.2) is 22.7 Å². The van der Waals surface area contributed by atoms with Gasteiger partial charge in [-0.25, -0.2) is 4.39 Å². The first-order valence-electron chi connectivity index (χ1n) is 6.51. The molecule has 3 nitrogen and oxygen atoms in total. The normalized spacial score (nSPS) is 16.2. The summed E-state index contributed by atoms with van der Waals surface area (Å²) >= 11 is 3.22. The Morgan fingerprint density at radius 3 is 2.89 bits per heavy atom. The largest absolute Gasteiger partial charge is 0.355 e. The van der Waals surface area contributed by atoms with Gasteiger partial charge in [-0.05, 0) is 37.8 Å². The van der Waals surface area contributed by atoms with Gasteiger partial charge in [-0.2, -0.15) is 0 Å². The molecular formula is C14H18BrFN2O. The zero-order valence-corrected chi connectivity index (χ0v) is 12.5. The molecule has 1 amide bonds. The van der Waals surface area contributed by atoms with Gasteiger partial charge in [0.1, 0.15) is 5.82 Å². The molecule has 104 valence electrons. The molecular weight excluding hydrogens is 311 g/mol. The fourth-order valence-corrected chi connectivity index (χ4v) is 2.18. The Morgan fingerprint density at radius 1 is 1.53 bits per heavy atom. The number of rotatable bonds is 6. The predicted octanol–water partition coefficient (Wildman–Crippen LogP) is 2.77. The molecule has 0 radical (unpaired) electrons. The first kappa shape index (κ1) is 14.5. The molecule has 1 aliphatic rings. The molecule has 0 saturated heterocycles. The summed E-state index contributed by atoms with van der Waals surface area (Å²) in [5.74, 6) is 0.370. The monoisotopic (exact) mass is 328 g/mol. The van der Waals surface area contributed by atoms with E-state index >= 15 is 0 Å². The zero-order valence-electron chi connectivity index (χ0n) is 10.9. The van der Waals surface area contributed by atoms with Crippen molar-refractivity contribution < 1.29 is 9.18 Å². The summed E-state index contributed by atoms with van der Waals surface area (Å²) in [6.45, 7) is 2.82. The van der Waals surface area contributed by atoms with E-state index in [0.717, 1.165) is 6.54 Å².